The molecule has 0 spiro atoms. The van der Waals surface area contributed by atoms with E-state index in [0.717, 1.165) is 12.0 Å². The number of benzene rings is 1. The Morgan fingerprint density at radius 2 is 2.05 bits per heavy atom. The molecule has 0 aliphatic carbocycles. The standard InChI is InChI=1S/C16H23NO4/c1-4-9-20-16(19)14(5-2)21-11-15(18)17-13-8-6-7-12(3)10-13/h6-8,10,14H,4-5,9,11H2,1-3H3,(H,17,18). The van der Waals surface area contributed by atoms with E-state index in [1.165, 1.54) is 0 Å². The maximum Gasteiger partial charge on any atom is 0.335 e. The van der Waals surface area contributed by atoms with Crippen molar-refractivity contribution < 1.29 is 19.1 Å². The Morgan fingerprint density at radius 3 is 2.67 bits per heavy atom. The van der Waals surface area contributed by atoms with E-state index >= 15 is 0 Å². The molecule has 1 aromatic carbocycles. The molecule has 21 heavy (non-hydrogen) atoms. The van der Waals surface area contributed by atoms with Gasteiger partial charge < -0.3 is 14.8 Å². The molecular formula is C16H23NO4. The van der Waals surface area contributed by atoms with Crippen LogP contribution in [0.25, 0.3) is 0 Å². The highest BCUT2D eigenvalue weighted by molar-refractivity contribution is 5.92. The van der Waals surface area contributed by atoms with Crippen LogP contribution in [0.5, 0.6) is 0 Å². The van der Waals surface area contributed by atoms with Crippen LogP contribution in [-0.4, -0.2) is 31.2 Å². The van der Waals surface area contributed by atoms with Crippen molar-refractivity contribution in [1.82, 2.24) is 0 Å². The number of ether oxygens (including phenoxy) is 2. The Balaban J connectivity index is 2.41. The van der Waals surface area contributed by atoms with E-state index in [2.05, 4.69) is 5.32 Å². The average Bonchev–Trinajstić information content (AvgIpc) is 2.45. The van der Waals surface area contributed by atoms with Gasteiger partial charge in [-0.1, -0.05) is 26.0 Å². The fraction of sp³-hybridized carbons (Fsp3) is 0.500. The molecule has 0 heterocycles. The van der Waals surface area contributed by atoms with Crippen LogP contribution < -0.4 is 5.32 Å². The van der Waals surface area contributed by atoms with Crippen molar-refractivity contribution in [2.75, 3.05) is 18.5 Å². The number of amides is 1. The molecule has 1 rings (SSSR count). The first-order valence-corrected chi connectivity index (χ1v) is 7.21. The van der Waals surface area contributed by atoms with Crippen molar-refractivity contribution in [3.05, 3.63) is 29.8 Å². The number of anilines is 1. The average molecular weight is 293 g/mol. The third-order valence-corrected chi connectivity index (χ3v) is 2.80. The van der Waals surface area contributed by atoms with Gasteiger partial charge in [-0.3, -0.25) is 4.79 Å². The first-order chi connectivity index (χ1) is 10.1. The Bertz CT molecular complexity index is 473. The normalized spacial score (nSPS) is 11.8. The molecule has 5 heteroatoms. The number of carbonyl (C=O) groups excluding carboxylic acids is 2. The summed E-state index contributed by atoms with van der Waals surface area (Å²) >= 11 is 0. The van der Waals surface area contributed by atoms with Gasteiger partial charge in [-0.15, -0.1) is 0 Å². The summed E-state index contributed by atoms with van der Waals surface area (Å²) in [6.45, 7) is 5.88. The third kappa shape index (κ3) is 6.40. The van der Waals surface area contributed by atoms with Crippen molar-refractivity contribution >= 4 is 17.6 Å². The molecule has 116 valence electrons. The second-order valence-corrected chi connectivity index (χ2v) is 4.79. The Hall–Kier alpha value is -1.88. The second-order valence-electron chi connectivity index (χ2n) is 4.79. The van der Waals surface area contributed by atoms with Gasteiger partial charge in [-0.05, 0) is 37.5 Å². The number of hydrogen-bond donors (Lipinski definition) is 1. The molecule has 1 atom stereocenters. The minimum atomic E-state index is -0.695. The summed E-state index contributed by atoms with van der Waals surface area (Å²) in [6, 6.07) is 7.48. The molecule has 1 N–H and O–H groups in total. The predicted molar refractivity (Wildman–Crippen MR) is 81.1 cm³/mol. The molecular weight excluding hydrogens is 270 g/mol. The molecule has 0 aliphatic rings. The molecule has 1 aromatic rings. The van der Waals surface area contributed by atoms with Gasteiger partial charge in [0.1, 0.15) is 6.61 Å². The molecule has 0 saturated heterocycles. The molecule has 0 radical (unpaired) electrons. The molecule has 0 aliphatic heterocycles. The Labute approximate surface area is 125 Å². The monoisotopic (exact) mass is 293 g/mol. The highest BCUT2D eigenvalue weighted by atomic mass is 16.6. The summed E-state index contributed by atoms with van der Waals surface area (Å²) < 4.78 is 10.3. The van der Waals surface area contributed by atoms with Crippen LogP contribution in [0.4, 0.5) is 5.69 Å². The van der Waals surface area contributed by atoms with Crippen LogP contribution in [0.1, 0.15) is 32.3 Å². The first-order valence-electron chi connectivity index (χ1n) is 7.21. The zero-order chi connectivity index (χ0) is 15.7. The molecule has 0 aromatic heterocycles. The predicted octanol–water partition coefficient (Wildman–Crippen LogP) is 2.68. The number of carbonyl (C=O) groups is 2. The summed E-state index contributed by atoms with van der Waals surface area (Å²) in [7, 11) is 0. The minimum Gasteiger partial charge on any atom is -0.464 e. The summed E-state index contributed by atoms with van der Waals surface area (Å²) in [6.07, 6.45) is 0.538. The van der Waals surface area contributed by atoms with Gasteiger partial charge in [-0.2, -0.15) is 0 Å². The Morgan fingerprint density at radius 1 is 1.29 bits per heavy atom. The van der Waals surface area contributed by atoms with Crippen molar-refractivity contribution in [1.29, 1.82) is 0 Å². The van der Waals surface area contributed by atoms with E-state index in [1.807, 2.05) is 39.0 Å². The van der Waals surface area contributed by atoms with Crippen molar-refractivity contribution in [3.63, 3.8) is 0 Å². The van der Waals surface area contributed by atoms with Gasteiger partial charge >= 0.3 is 5.97 Å². The van der Waals surface area contributed by atoms with Gasteiger partial charge in [0.25, 0.3) is 0 Å². The van der Waals surface area contributed by atoms with Crippen molar-refractivity contribution in [2.24, 2.45) is 0 Å². The molecule has 0 fully saturated rings. The van der Waals surface area contributed by atoms with Crippen LogP contribution in [-0.2, 0) is 19.1 Å². The van der Waals surface area contributed by atoms with Gasteiger partial charge in [0.05, 0.1) is 6.61 Å². The zero-order valence-corrected chi connectivity index (χ0v) is 12.8. The first kappa shape index (κ1) is 17.2. The summed E-state index contributed by atoms with van der Waals surface area (Å²) in [5.41, 5.74) is 1.77. The van der Waals surface area contributed by atoms with E-state index in [0.29, 0.717) is 18.7 Å². The van der Waals surface area contributed by atoms with Crippen molar-refractivity contribution in [3.8, 4) is 0 Å². The molecule has 1 amide bonds. The highest BCUT2D eigenvalue weighted by Gasteiger charge is 2.19. The smallest absolute Gasteiger partial charge is 0.335 e. The fourth-order valence-corrected chi connectivity index (χ4v) is 1.74. The van der Waals surface area contributed by atoms with Crippen LogP contribution in [0, 0.1) is 6.92 Å². The number of hydrogen-bond acceptors (Lipinski definition) is 4. The minimum absolute atomic E-state index is 0.173. The van der Waals surface area contributed by atoms with E-state index in [1.54, 1.807) is 6.07 Å². The van der Waals surface area contributed by atoms with E-state index < -0.39 is 12.1 Å². The maximum atomic E-state index is 11.8. The number of nitrogens with one attached hydrogen (secondary N) is 1. The number of aryl methyl sites for hydroxylation is 1. The van der Waals surface area contributed by atoms with Crippen LogP contribution in [0.3, 0.4) is 0 Å². The van der Waals surface area contributed by atoms with Crippen LogP contribution in [0.2, 0.25) is 0 Å². The van der Waals surface area contributed by atoms with E-state index in [4.69, 9.17) is 9.47 Å². The molecule has 5 nitrogen and oxygen atoms in total. The fourth-order valence-electron chi connectivity index (χ4n) is 1.74. The lowest BCUT2D eigenvalue weighted by Crippen LogP contribution is -2.30. The lowest BCUT2D eigenvalue weighted by molar-refractivity contribution is -0.158. The highest BCUT2D eigenvalue weighted by Crippen LogP contribution is 2.09. The summed E-state index contributed by atoms with van der Waals surface area (Å²) in [5.74, 6) is -0.704. The quantitative estimate of drug-likeness (QED) is 0.748. The van der Waals surface area contributed by atoms with E-state index in [9.17, 15) is 9.59 Å². The van der Waals surface area contributed by atoms with Gasteiger partial charge in [0.15, 0.2) is 6.10 Å². The van der Waals surface area contributed by atoms with Crippen LogP contribution in [0.15, 0.2) is 24.3 Å². The lowest BCUT2D eigenvalue weighted by atomic mass is 10.2. The Kier molecular flexibility index (Phi) is 7.46. The van der Waals surface area contributed by atoms with Gasteiger partial charge in [0, 0.05) is 5.69 Å². The number of esters is 1. The van der Waals surface area contributed by atoms with Crippen LogP contribution >= 0.6 is 0 Å². The largest absolute Gasteiger partial charge is 0.464 e. The maximum absolute atomic E-state index is 11.8. The van der Waals surface area contributed by atoms with Gasteiger partial charge in [0.2, 0.25) is 5.91 Å². The topological polar surface area (TPSA) is 64.6 Å². The van der Waals surface area contributed by atoms with Gasteiger partial charge in [-0.25, -0.2) is 4.79 Å². The molecule has 1 unspecified atom stereocenters. The summed E-state index contributed by atoms with van der Waals surface area (Å²) in [5, 5.41) is 2.73. The molecule has 0 saturated carbocycles. The molecule has 0 bridgehead atoms. The number of rotatable bonds is 8. The van der Waals surface area contributed by atoms with E-state index in [-0.39, 0.29) is 12.5 Å². The van der Waals surface area contributed by atoms with Crippen molar-refractivity contribution in [2.45, 2.75) is 39.7 Å². The third-order valence-electron chi connectivity index (χ3n) is 2.80. The zero-order valence-electron chi connectivity index (χ0n) is 12.8. The second kappa shape index (κ2) is 9.13. The lowest BCUT2D eigenvalue weighted by Gasteiger charge is -2.15. The SMILES string of the molecule is CCCOC(=O)C(CC)OCC(=O)Nc1cccc(C)c1. The summed E-state index contributed by atoms with van der Waals surface area (Å²) in [4.78, 5) is 23.5.